The number of furan rings is 1. The standard InChI is InChI=1S/C29H23ClN4O3/c1-35-26-13-10-19(15-27(26)36-2)24-17-23(25-9-6-14-37-25)33-34(24)29-31-22-12-11-20(30)16-21(22)28(32-29)18-7-4-3-5-8-18/h3-16,24H,17H2,1-2H3/t24-/m0/s1. The van der Waals surface area contributed by atoms with Gasteiger partial charge in [-0.25, -0.2) is 15.0 Å². The Morgan fingerprint density at radius 1 is 0.892 bits per heavy atom. The van der Waals surface area contributed by atoms with Crippen molar-refractivity contribution in [3.8, 4) is 22.8 Å². The number of hydrazone groups is 1. The van der Waals surface area contributed by atoms with Gasteiger partial charge in [-0.05, 0) is 48.0 Å². The van der Waals surface area contributed by atoms with Gasteiger partial charge in [-0.1, -0.05) is 48.0 Å². The highest BCUT2D eigenvalue weighted by Crippen LogP contribution is 2.40. The Balaban J connectivity index is 1.53. The maximum Gasteiger partial charge on any atom is 0.247 e. The van der Waals surface area contributed by atoms with Crippen molar-refractivity contribution < 1.29 is 13.9 Å². The summed E-state index contributed by atoms with van der Waals surface area (Å²) in [6.45, 7) is 0. The van der Waals surface area contributed by atoms with Gasteiger partial charge in [0.05, 0.1) is 37.7 Å². The summed E-state index contributed by atoms with van der Waals surface area (Å²) in [5.41, 5.74) is 4.34. The molecule has 1 atom stereocenters. The molecule has 0 unspecified atom stereocenters. The Morgan fingerprint density at radius 3 is 2.49 bits per heavy atom. The molecule has 0 bridgehead atoms. The number of hydrogen-bond acceptors (Lipinski definition) is 7. The first-order valence-electron chi connectivity index (χ1n) is 11.8. The molecule has 6 rings (SSSR count). The Bertz CT molecular complexity index is 1600. The van der Waals surface area contributed by atoms with Crippen LogP contribution in [-0.4, -0.2) is 29.9 Å². The van der Waals surface area contributed by atoms with Crippen LogP contribution in [0.5, 0.6) is 11.5 Å². The van der Waals surface area contributed by atoms with E-state index in [4.69, 9.17) is 40.6 Å². The van der Waals surface area contributed by atoms with Crippen molar-refractivity contribution in [3.05, 3.63) is 101 Å². The van der Waals surface area contributed by atoms with E-state index in [-0.39, 0.29) is 6.04 Å². The second-order valence-electron chi connectivity index (χ2n) is 8.60. The molecule has 3 aromatic carbocycles. The van der Waals surface area contributed by atoms with E-state index in [0.717, 1.165) is 33.4 Å². The summed E-state index contributed by atoms with van der Waals surface area (Å²) in [6, 6.07) is 25.1. The van der Waals surface area contributed by atoms with Gasteiger partial charge in [0.2, 0.25) is 5.95 Å². The molecule has 1 aliphatic heterocycles. The lowest BCUT2D eigenvalue weighted by Gasteiger charge is -2.23. The van der Waals surface area contributed by atoms with Crippen molar-refractivity contribution in [1.29, 1.82) is 0 Å². The molecule has 0 spiro atoms. The van der Waals surface area contributed by atoms with Crippen molar-refractivity contribution in [2.24, 2.45) is 5.10 Å². The average molecular weight is 511 g/mol. The Hall–Kier alpha value is -4.36. The predicted octanol–water partition coefficient (Wildman–Crippen LogP) is 6.92. The summed E-state index contributed by atoms with van der Waals surface area (Å²) in [5.74, 6) is 2.50. The average Bonchev–Trinajstić information content (AvgIpc) is 3.63. The molecule has 7 nitrogen and oxygen atoms in total. The van der Waals surface area contributed by atoms with Crippen molar-refractivity contribution in [3.63, 3.8) is 0 Å². The summed E-state index contributed by atoms with van der Waals surface area (Å²) in [5, 5.41) is 8.31. The number of methoxy groups -OCH3 is 2. The van der Waals surface area contributed by atoms with Gasteiger partial charge in [0.15, 0.2) is 11.5 Å². The van der Waals surface area contributed by atoms with E-state index >= 15 is 0 Å². The van der Waals surface area contributed by atoms with Gasteiger partial charge in [0, 0.05) is 22.4 Å². The third-order valence-corrected chi connectivity index (χ3v) is 6.64. The molecule has 0 aliphatic carbocycles. The molecule has 2 aromatic heterocycles. The smallest absolute Gasteiger partial charge is 0.247 e. The molecule has 0 amide bonds. The van der Waals surface area contributed by atoms with Crippen LogP contribution in [0.1, 0.15) is 23.8 Å². The molecule has 37 heavy (non-hydrogen) atoms. The number of benzene rings is 3. The first-order valence-corrected chi connectivity index (χ1v) is 12.2. The van der Waals surface area contributed by atoms with Crippen molar-refractivity contribution >= 4 is 34.2 Å². The summed E-state index contributed by atoms with van der Waals surface area (Å²) in [6.07, 6.45) is 2.25. The molecule has 3 heterocycles. The lowest BCUT2D eigenvalue weighted by atomic mass is 10.0. The minimum absolute atomic E-state index is 0.187. The van der Waals surface area contributed by atoms with Gasteiger partial charge >= 0.3 is 0 Å². The van der Waals surface area contributed by atoms with Crippen molar-refractivity contribution in [2.45, 2.75) is 12.5 Å². The van der Waals surface area contributed by atoms with E-state index in [2.05, 4.69) is 0 Å². The topological polar surface area (TPSA) is 73.0 Å². The van der Waals surface area contributed by atoms with Crippen molar-refractivity contribution in [2.75, 3.05) is 19.2 Å². The zero-order valence-corrected chi connectivity index (χ0v) is 21.0. The SMILES string of the molecule is COc1ccc([C@@H]2CC(c3ccco3)=NN2c2nc(-c3ccccc3)c3cc(Cl)ccc3n2)cc1OC. The van der Waals surface area contributed by atoms with E-state index in [1.807, 2.05) is 83.9 Å². The molecule has 0 saturated carbocycles. The van der Waals surface area contributed by atoms with E-state index in [9.17, 15) is 0 Å². The first-order chi connectivity index (χ1) is 18.1. The maximum absolute atomic E-state index is 6.36. The fraction of sp³-hybridized carbons (Fsp3) is 0.138. The maximum atomic E-state index is 6.36. The number of nitrogens with zero attached hydrogens (tertiary/aromatic N) is 4. The summed E-state index contributed by atoms with van der Waals surface area (Å²) >= 11 is 6.36. The van der Waals surface area contributed by atoms with Crippen molar-refractivity contribution in [1.82, 2.24) is 9.97 Å². The van der Waals surface area contributed by atoms with Crippen LogP contribution in [0.25, 0.3) is 22.2 Å². The van der Waals surface area contributed by atoms with E-state index in [1.165, 1.54) is 0 Å². The molecule has 0 N–H and O–H groups in total. The molecule has 0 fully saturated rings. The zero-order chi connectivity index (χ0) is 25.4. The number of halogens is 1. The number of fused-ring (bicyclic) bond motifs is 1. The molecule has 0 saturated heterocycles. The first kappa shape index (κ1) is 23.1. The van der Waals surface area contributed by atoms with Crippen LogP contribution < -0.4 is 14.5 Å². The van der Waals surface area contributed by atoms with Crippen LogP contribution in [0, 0.1) is 0 Å². The van der Waals surface area contributed by atoms with Gasteiger partial charge in [0.1, 0.15) is 11.5 Å². The summed E-state index contributed by atoms with van der Waals surface area (Å²) in [4.78, 5) is 9.94. The highest BCUT2D eigenvalue weighted by Gasteiger charge is 2.34. The molecule has 5 aromatic rings. The van der Waals surface area contributed by atoms with E-state index < -0.39 is 0 Å². The fourth-order valence-corrected chi connectivity index (χ4v) is 4.79. The van der Waals surface area contributed by atoms with E-state index in [0.29, 0.717) is 34.7 Å². The highest BCUT2D eigenvalue weighted by molar-refractivity contribution is 6.31. The normalized spacial score (nSPS) is 15.2. The Morgan fingerprint density at radius 2 is 1.73 bits per heavy atom. The molecule has 184 valence electrons. The number of rotatable bonds is 6. The molecular formula is C29H23ClN4O3. The molecular weight excluding hydrogens is 488 g/mol. The van der Waals surface area contributed by atoms with E-state index in [1.54, 1.807) is 20.5 Å². The molecule has 1 aliphatic rings. The zero-order valence-electron chi connectivity index (χ0n) is 20.3. The highest BCUT2D eigenvalue weighted by atomic mass is 35.5. The third-order valence-electron chi connectivity index (χ3n) is 6.41. The molecule has 0 radical (unpaired) electrons. The lowest BCUT2D eigenvalue weighted by molar-refractivity contribution is 0.354. The summed E-state index contributed by atoms with van der Waals surface area (Å²) < 4.78 is 16.7. The van der Waals surface area contributed by atoms with Gasteiger partial charge in [-0.15, -0.1) is 0 Å². The van der Waals surface area contributed by atoms with Crippen LogP contribution in [-0.2, 0) is 0 Å². The number of aromatic nitrogens is 2. The van der Waals surface area contributed by atoms with Crippen LogP contribution in [0.4, 0.5) is 5.95 Å². The van der Waals surface area contributed by atoms with Crippen LogP contribution in [0.3, 0.4) is 0 Å². The van der Waals surface area contributed by atoms with Crippen LogP contribution in [0.15, 0.2) is 94.6 Å². The quantitative estimate of drug-likeness (QED) is 0.247. The van der Waals surface area contributed by atoms with Gasteiger partial charge < -0.3 is 13.9 Å². The Labute approximate surface area is 218 Å². The minimum Gasteiger partial charge on any atom is -0.493 e. The number of hydrogen-bond donors (Lipinski definition) is 0. The van der Waals surface area contributed by atoms with Gasteiger partial charge in [-0.2, -0.15) is 5.10 Å². The number of anilines is 1. The number of ether oxygens (including phenoxy) is 2. The predicted molar refractivity (Wildman–Crippen MR) is 145 cm³/mol. The monoisotopic (exact) mass is 510 g/mol. The molecule has 8 heteroatoms. The van der Waals surface area contributed by atoms with Crippen LogP contribution >= 0.6 is 11.6 Å². The van der Waals surface area contributed by atoms with Gasteiger partial charge in [-0.3, -0.25) is 0 Å². The Kier molecular flexibility index (Phi) is 5.98. The lowest BCUT2D eigenvalue weighted by Crippen LogP contribution is -2.21. The largest absolute Gasteiger partial charge is 0.493 e. The van der Waals surface area contributed by atoms with Crippen LogP contribution in [0.2, 0.25) is 5.02 Å². The minimum atomic E-state index is -0.187. The second-order valence-corrected chi connectivity index (χ2v) is 9.04. The van der Waals surface area contributed by atoms with Gasteiger partial charge in [0.25, 0.3) is 0 Å². The fourth-order valence-electron chi connectivity index (χ4n) is 4.61. The second kappa shape index (κ2) is 9.59. The third kappa shape index (κ3) is 4.27. The summed E-state index contributed by atoms with van der Waals surface area (Å²) in [7, 11) is 3.25.